The zero-order chi connectivity index (χ0) is 14.3. The van der Waals surface area contributed by atoms with Gasteiger partial charge in [-0.1, -0.05) is 0 Å². The minimum atomic E-state index is -0.576. The summed E-state index contributed by atoms with van der Waals surface area (Å²) < 4.78 is 15.0. The topological polar surface area (TPSA) is 65.1 Å². The standard InChI is InChI=1S/C13H21NO5/c1-10-8-14(9-11(2)19-10)6-7-18-13(16)5-4-12(15)17-3/h4-5,10-11H,6-9H2,1-3H3/b5-4+/t10-,11?/m1/s1. The van der Waals surface area contributed by atoms with Crippen LogP contribution < -0.4 is 0 Å². The smallest absolute Gasteiger partial charge is 0.331 e. The molecule has 0 aliphatic carbocycles. The summed E-state index contributed by atoms with van der Waals surface area (Å²) in [6, 6.07) is 0. The lowest BCUT2D eigenvalue weighted by Gasteiger charge is -2.34. The summed E-state index contributed by atoms with van der Waals surface area (Å²) in [5.74, 6) is -1.12. The van der Waals surface area contributed by atoms with E-state index in [9.17, 15) is 9.59 Å². The predicted octanol–water partition coefficient (Wildman–Crippen LogP) is 0.368. The van der Waals surface area contributed by atoms with Crippen molar-refractivity contribution in [2.75, 3.05) is 33.4 Å². The molecule has 0 N–H and O–H groups in total. The van der Waals surface area contributed by atoms with Gasteiger partial charge in [-0.15, -0.1) is 0 Å². The van der Waals surface area contributed by atoms with Crippen LogP contribution in [0.1, 0.15) is 13.8 Å². The molecule has 19 heavy (non-hydrogen) atoms. The Morgan fingerprint density at radius 2 is 1.79 bits per heavy atom. The molecule has 0 amide bonds. The Kier molecular flexibility index (Phi) is 6.52. The van der Waals surface area contributed by atoms with E-state index in [1.54, 1.807) is 0 Å². The lowest BCUT2D eigenvalue weighted by atomic mass is 10.2. The summed E-state index contributed by atoms with van der Waals surface area (Å²) in [6.07, 6.45) is 2.50. The van der Waals surface area contributed by atoms with Crippen molar-refractivity contribution in [1.29, 1.82) is 0 Å². The first kappa shape index (κ1) is 15.7. The molecule has 6 heteroatoms. The third-order valence-electron chi connectivity index (χ3n) is 2.70. The largest absolute Gasteiger partial charge is 0.466 e. The number of morpholine rings is 1. The van der Waals surface area contributed by atoms with Crippen molar-refractivity contribution in [3.63, 3.8) is 0 Å². The first-order chi connectivity index (χ1) is 9.01. The van der Waals surface area contributed by atoms with Gasteiger partial charge in [0.15, 0.2) is 0 Å². The number of ether oxygens (including phenoxy) is 3. The van der Waals surface area contributed by atoms with Gasteiger partial charge in [-0.25, -0.2) is 9.59 Å². The van der Waals surface area contributed by atoms with Gasteiger partial charge in [-0.3, -0.25) is 4.90 Å². The van der Waals surface area contributed by atoms with Gasteiger partial charge in [0.2, 0.25) is 0 Å². The van der Waals surface area contributed by atoms with Gasteiger partial charge in [0, 0.05) is 31.8 Å². The minimum Gasteiger partial charge on any atom is -0.466 e. The van der Waals surface area contributed by atoms with E-state index in [4.69, 9.17) is 9.47 Å². The van der Waals surface area contributed by atoms with E-state index in [2.05, 4.69) is 9.64 Å². The molecule has 1 aliphatic heterocycles. The fourth-order valence-electron chi connectivity index (χ4n) is 1.99. The first-order valence-corrected chi connectivity index (χ1v) is 6.32. The third kappa shape index (κ3) is 6.35. The Balaban J connectivity index is 2.21. The van der Waals surface area contributed by atoms with Crippen molar-refractivity contribution in [3.05, 3.63) is 12.2 Å². The number of nitrogens with zero attached hydrogens (tertiary/aromatic N) is 1. The molecule has 0 aromatic heterocycles. The van der Waals surface area contributed by atoms with E-state index in [1.165, 1.54) is 7.11 Å². The number of methoxy groups -OCH3 is 1. The second-order valence-electron chi connectivity index (χ2n) is 4.54. The molecule has 1 fully saturated rings. The molecule has 0 aromatic carbocycles. The summed E-state index contributed by atoms with van der Waals surface area (Å²) in [5.41, 5.74) is 0. The van der Waals surface area contributed by atoms with Gasteiger partial charge < -0.3 is 14.2 Å². The molecule has 1 saturated heterocycles. The van der Waals surface area contributed by atoms with Crippen LogP contribution in [0, 0.1) is 0 Å². The molecule has 0 aromatic rings. The Labute approximate surface area is 113 Å². The van der Waals surface area contributed by atoms with Gasteiger partial charge in [0.05, 0.1) is 19.3 Å². The van der Waals surface area contributed by atoms with Crippen LogP contribution in [-0.2, 0) is 23.8 Å². The molecular weight excluding hydrogens is 250 g/mol. The van der Waals surface area contributed by atoms with E-state index in [0.29, 0.717) is 13.2 Å². The summed E-state index contributed by atoms with van der Waals surface area (Å²) >= 11 is 0. The molecule has 2 atom stereocenters. The molecule has 0 saturated carbocycles. The molecule has 1 unspecified atom stereocenters. The molecule has 1 rings (SSSR count). The van der Waals surface area contributed by atoms with Crippen LogP contribution in [0.3, 0.4) is 0 Å². The van der Waals surface area contributed by atoms with Crippen molar-refractivity contribution < 1.29 is 23.8 Å². The Bertz CT molecular complexity index is 332. The van der Waals surface area contributed by atoms with Crippen LogP contribution in [-0.4, -0.2) is 62.4 Å². The van der Waals surface area contributed by atoms with Crippen LogP contribution in [0.5, 0.6) is 0 Å². The molecule has 108 valence electrons. The summed E-state index contributed by atoms with van der Waals surface area (Å²) in [7, 11) is 1.25. The first-order valence-electron chi connectivity index (χ1n) is 6.32. The average Bonchev–Trinajstić information content (AvgIpc) is 2.34. The summed E-state index contributed by atoms with van der Waals surface area (Å²) in [5, 5.41) is 0. The van der Waals surface area contributed by atoms with E-state index >= 15 is 0 Å². The van der Waals surface area contributed by atoms with E-state index in [1.807, 2.05) is 13.8 Å². The van der Waals surface area contributed by atoms with Gasteiger partial charge in [0.1, 0.15) is 6.61 Å². The maximum Gasteiger partial charge on any atom is 0.331 e. The molecular formula is C13H21NO5. The van der Waals surface area contributed by atoms with Crippen molar-refractivity contribution in [1.82, 2.24) is 4.90 Å². The van der Waals surface area contributed by atoms with Crippen molar-refractivity contribution in [3.8, 4) is 0 Å². The highest BCUT2D eigenvalue weighted by atomic mass is 16.5. The number of hydrogen-bond donors (Lipinski definition) is 0. The Hall–Kier alpha value is -1.40. The van der Waals surface area contributed by atoms with E-state index in [-0.39, 0.29) is 12.2 Å². The zero-order valence-electron chi connectivity index (χ0n) is 11.6. The van der Waals surface area contributed by atoms with Crippen molar-refractivity contribution >= 4 is 11.9 Å². The SMILES string of the molecule is COC(=O)/C=C/C(=O)OCCN1CC(C)O[C@H](C)C1. The quantitative estimate of drug-likeness (QED) is 0.531. The monoisotopic (exact) mass is 271 g/mol. The molecule has 1 heterocycles. The maximum absolute atomic E-state index is 11.3. The predicted molar refractivity (Wildman–Crippen MR) is 68.6 cm³/mol. The van der Waals surface area contributed by atoms with Crippen LogP contribution >= 0.6 is 0 Å². The highest BCUT2D eigenvalue weighted by Crippen LogP contribution is 2.09. The lowest BCUT2D eigenvalue weighted by Crippen LogP contribution is -2.46. The summed E-state index contributed by atoms with van der Waals surface area (Å²) in [6.45, 7) is 6.67. The van der Waals surface area contributed by atoms with E-state index in [0.717, 1.165) is 25.2 Å². The van der Waals surface area contributed by atoms with Crippen LogP contribution in [0.25, 0.3) is 0 Å². The summed E-state index contributed by atoms with van der Waals surface area (Å²) in [4.78, 5) is 24.2. The molecule has 1 aliphatic rings. The number of hydrogen-bond acceptors (Lipinski definition) is 6. The highest BCUT2D eigenvalue weighted by Gasteiger charge is 2.21. The average molecular weight is 271 g/mol. The minimum absolute atomic E-state index is 0.193. The maximum atomic E-state index is 11.3. The van der Waals surface area contributed by atoms with Gasteiger partial charge in [-0.2, -0.15) is 0 Å². The highest BCUT2D eigenvalue weighted by molar-refractivity contribution is 5.91. The molecule has 0 bridgehead atoms. The van der Waals surface area contributed by atoms with Crippen molar-refractivity contribution in [2.45, 2.75) is 26.1 Å². The lowest BCUT2D eigenvalue weighted by molar-refractivity contribution is -0.140. The fraction of sp³-hybridized carbons (Fsp3) is 0.692. The van der Waals surface area contributed by atoms with Gasteiger partial charge >= 0.3 is 11.9 Å². The van der Waals surface area contributed by atoms with Gasteiger partial charge in [-0.05, 0) is 13.8 Å². The van der Waals surface area contributed by atoms with Crippen molar-refractivity contribution in [2.24, 2.45) is 0 Å². The number of carbonyl (C=O) groups excluding carboxylic acids is 2. The van der Waals surface area contributed by atoms with Gasteiger partial charge in [0.25, 0.3) is 0 Å². The number of rotatable bonds is 5. The molecule has 6 nitrogen and oxygen atoms in total. The zero-order valence-corrected chi connectivity index (χ0v) is 11.6. The Morgan fingerprint density at radius 1 is 1.21 bits per heavy atom. The van der Waals surface area contributed by atoms with Crippen LogP contribution in [0.4, 0.5) is 0 Å². The second-order valence-corrected chi connectivity index (χ2v) is 4.54. The molecule has 0 radical (unpaired) electrons. The second kappa shape index (κ2) is 7.91. The number of esters is 2. The normalized spacial score (nSPS) is 24.4. The Morgan fingerprint density at radius 3 is 2.37 bits per heavy atom. The van der Waals surface area contributed by atoms with Crippen LogP contribution in [0.2, 0.25) is 0 Å². The fourth-order valence-corrected chi connectivity index (χ4v) is 1.99. The van der Waals surface area contributed by atoms with Crippen LogP contribution in [0.15, 0.2) is 12.2 Å². The third-order valence-corrected chi connectivity index (χ3v) is 2.70. The molecule has 0 spiro atoms. The number of carbonyl (C=O) groups is 2. The van der Waals surface area contributed by atoms with E-state index < -0.39 is 11.9 Å².